The van der Waals surface area contributed by atoms with Crippen molar-refractivity contribution in [1.82, 2.24) is 0 Å². The predicted molar refractivity (Wildman–Crippen MR) is 246 cm³/mol. The van der Waals surface area contributed by atoms with E-state index in [4.69, 9.17) is 9.47 Å². The highest BCUT2D eigenvalue weighted by molar-refractivity contribution is 6.00. The Bertz CT molecular complexity index is 3110. The van der Waals surface area contributed by atoms with E-state index >= 15 is 0 Å². The van der Waals surface area contributed by atoms with E-state index in [1.807, 2.05) is 111 Å². The highest BCUT2D eigenvalue weighted by Gasteiger charge is 2.47. The molecule has 0 fully saturated rings. The van der Waals surface area contributed by atoms with Crippen LogP contribution in [0.5, 0.6) is 46.0 Å². The molecule has 6 heteroatoms. The number of phenolic OH excluding ortho intramolecular Hbond substituents is 4. The fraction of sp³-hybridized carbons (Fsp3) is 0.0714. The lowest BCUT2D eigenvalue weighted by atomic mass is 9.67. The van der Waals surface area contributed by atoms with Crippen molar-refractivity contribution in [2.75, 3.05) is 0 Å². The maximum absolute atomic E-state index is 11.8. The summed E-state index contributed by atoms with van der Waals surface area (Å²) in [4.78, 5) is 0. The van der Waals surface area contributed by atoms with Crippen molar-refractivity contribution in [1.29, 1.82) is 0 Å². The van der Waals surface area contributed by atoms with Crippen molar-refractivity contribution >= 4 is 43.1 Å². The van der Waals surface area contributed by atoms with Gasteiger partial charge in [-0.3, -0.25) is 0 Å². The summed E-state index contributed by atoms with van der Waals surface area (Å²) in [6.07, 6.45) is 0. The average Bonchev–Trinajstić information content (AvgIpc) is 3.29. The lowest BCUT2D eigenvalue weighted by Gasteiger charge is -2.40. The molecule has 0 amide bonds. The van der Waals surface area contributed by atoms with Crippen LogP contribution >= 0.6 is 0 Å². The molecule has 2 aliphatic rings. The van der Waals surface area contributed by atoms with Gasteiger partial charge in [0.2, 0.25) is 0 Å². The molecule has 0 aliphatic carbocycles. The fourth-order valence-electron chi connectivity index (χ4n) is 10.6. The Morgan fingerprint density at radius 1 is 0.323 bits per heavy atom. The molecule has 0 saturated heterocycles. The molecule has 298 valence electrons. The van der Waals surface area contributed by atoms with Crippen LogP contribution in [-0.4, -0.2) is 20.4 Å². The van der Waals surface area contributed by atoms with E-state index in [-0.39, 0.29) is 23.0 Å². The minimum Gasteiger partial charge on any atom is -0.507 e. The number of rotatable bonds is 3. The number of hydrogen-bond acceptors (Lipinski definition) is 6. The summed E-state index contributed by atoms with van der Waals surface area (Å²) in [7, 11) is 0. The second-order valence-corrected chi connectivity index (χ2v) is 16.9. The molecule has 10 aromatic carbocycles. The van der Waals surface area contributed by atoms with Crippen LogP contribution in [0.25, 0.3) is 54.2 Å². The van der Waals surface area contributed by atoms with Crippen molar-refractivity contribution in [3.05, 3.63) is 203 Å². The summed E-state index contributed by atoms with van der Waals surface area (Å²) in [5.41, 5.74) is 3.99. The van der Waals surface area contributed by atoms with Gasteiger partial charge >= 0.3 is 0 Å². The molecular formula is C56H38O6. The van der Waals surface area contributed by atoms with Crippen LogP contribution in [0.2, 0.25) is 0 Å². The third kappa shape index (κ3) is 4.80. The number of benzene rings is 10. The lowest BCUT2D eigenvalue weighted by Crippen LogP contribution is -2.30. The topological polar surface area (TPSA) is 99.4 Å². The summed E-state index contributed by atoms with van der Waals surface area (Å²) in [6.45, 7) is 4.09. The Kier molecular flexibility index (Phi) is 7.40. The molecule has 62 heavy (non-hydrogen) atoms. The van der Waals surface area contributed by atoms with E-state index in [1.165, 1.54) is 0 Å². The molecule has 0 spiro atoms. The van der Waals surface area contributed by atoms with Gasteiger partial charge < -0.3 is 29.9 Å². The molecule has 2 heterocycles. The number of ether oxygens (including phenoxy) is 2. The van der Waals surface area contributed by atoms with Gasteiger partial charge in [-0.15, -0.1) is 0 Å². The molecule has 0 unspecified atom stereocenters. The summed E-state index contributed by atoms with van der Waals surface area (Å²) >= 11 is 0. The molecule has 6 nitrogen and oxygen atoms in total. The van der Waals surface area contributed by atoms with Gasteiger partial charge in [0.05, 0.1) is 33.1 Å². The molecule has 0 saturated carbocycles. The fourth-order valence-corrected chi connectivity index (χ4v) is 10.6. The third-order valence-electron chi connectivity index (χ3n) is 13.6. The van der Waals surface area contributed by atoms with Crippen LogP contribution in [0.3, 0.4) is 0 Å². The van der Waals surface area contributed by atoms with Gasteiger partial charge in [0.1, 0.15) is 46.0 Å². The molecule has 0 atom stereocenters. The van der Waals surface area contributed by atoms with Crippen molar-refractivity contribution in [2.24, 2.45) is 0 Å². The first-order valence-electron chi connectivity index (χ1n) is 20.7. The minimum absolute atomic E-state index is 0.0851. The maximum atomic E-state index is 11.8. The molecule has 2 aliphatic heterocycles. The van der Waals surface area contributed by atoms with Gasteiger partial charge in [0.15, 0.2) is 0 Å². The Morgan fingerprint density at radius 2 is 0.565 bits per heavy atom. The number of hydrogen-bond donors (Lipinski definition) is 4. The molecule has 0 radical (unpaired) electrons. The van der Waals surface area contributed by atoms with E-state index in [9.17, 15) is 20.4 Å². The highest BCUT2D eigenvalue weighted by Crippen LogP contribution is 2.62. The quantitative estimate of drug-likeness (QED) is 0.142. The second kappa shape index (κ2) is 12.8. The third-order valence-corrected chi connectivity index (χ3v) is 13.6. The first kappa shape index (κ1) is 35.9. The normalized spacial score (nSPS) is 14.4. The molecule has 0 aromatic heterocycles. The predicted octanol–water partition coefficient (Wildman–Crippen LogP) is 13.7. The van der Waals surface area contributed by atoms with Crippen LogP contribution in [0.15, 0.2) is 170 Å². The first-order chi connectivity index (χ1) is 30.1. The van der Waals surface area contributed by atoms with E-state index in [0.717, 1.165) is 65.3 Å². The summed E-state index contributed by atoms with van der Waals surface area (Å²) < 4.78 is 13.6. The molecular weight excluding hydrogens is 769 g/mol. The highest BCUT2D eigenvalue weighted by atomic mass is 16.5. The summed E-state index contributed by atoms with van der Waals surface area (Å²) in [6, 6.07) is 55.1. The molecule has 10 aromatic rings. The smallest absolute Gasteiger partial charge is 0.143 e. The second-order valence-electron chi connectivity index (χ2n) is 16.9. The monoisotopic (exact) mass is 806 g/mol. The van der Waals surface area contributed by atoms with Crippen LogP contribution in [0, 0.1) is 0 Å². The molecule has 4 N–H and O–H groups in total. The molecule has 0 bridgehead atoms. The first-order valence-corrected chi connectivity index (χ1v) is 20.7. The van der Waals surface area contributed by atoms with Crippen molar-refractivity contribution in [3.8, 4) is 57.1 Å². The van der Waals surface area contributed by atoms with Gasteiger partial charge in [-0.2, -0.15) is 0 Å². The van der Waals surface area contributed by atoms with Gasteiger partial charge in [-0.1, -0.05) is 146 Å². The number of phenols is 4. The molecule has 12 rings (SSSR count). The van der Waals surface area contributed by atoms with Crippen molar-refractivity contribution < 1.29 is 29.9 Å². The zero-order valence-corrected chi connectivity index (χ0v) is 33.8. The Labute approximate surface area is 356 Å². The van der Waals surface area contributed by atoms with E-state index in [2.05, 4.69) is 48.5 Å². The van der Waals surface area contributed by atoms with Crippen molar-refractivity contribution in [3.63, 3.8) is 0 Å². The van der Waals surface area contributed by atoms with E-state index < -0.39 is 10.8 Å². The van der Waals surface area contributed by atoms with Crippen LogP contribution < -0.4 is 9.47 Å². The number of aromatic hydroxyl groups is 4. The Balaban J connectivity index is 1.00. The largest absolute Gasteiger partial charge is 0.507 e. The average molecular weight is 807 g/mol. The van der Waals surface area contributed by atoms with Crippen LogP contribution in [0.4, 0.5) is 0 Å². The summed E-state index contributed by atoms with van der Waals surface area (Å²) in [5, 5.41) is 54.2. The zero-order valence-electron chi connectivity index (χ0n) is 33.8. The van der Waals surface area contributed by atoms with Gasteiger partial charge in [0, 0.05) is 21.5 Å². The van der Waals surface area contributed by atoms with Crippen molar-refractivity contribution in [2.45, 2.75) is 24.7 Å². The Morgan fingerprint density at radius 3 is 0.823 bits per heavy atom. The van der Waals surface area contributed by atoms with Crippen LogP contribution in [-0.2, 0) is 10.8 Å². The SMILES string of the molecule is CC1(c2ccc(-c3ccc(C4(C)c5c(O)cc6ccccc6c5Oc5c4c(O)cc4ccccc54)cc3)cc2)c2c(O)cc3ccccc3c2Oc2c1c(O)cc1ccccc21. The van der Waals surface area contributed by atoms with Gasteiger partial charge in [0.25, 0.3) is 0 Å². The summed E-state index contributed by atoms with van der Waals surface area (Å²) in [5.74, 6) is 2.60. The maximum Gasteiger partial charge on any atom is 0.143 e. The Hall–Kier alpha value is -7.96. The van der Waals surface area contributed by atoms with Crippen LogP contribution in [0.1, 0.15) is 47.2 Å². The van der Waals surface area contributed by atoms with E-state index in [0.29, 0.717) is 45.3 Å². The minimum atomic E-state index is -1.01. The van der Waals surface area contributed by atoms with Gasteiger partial charge in [-0.25, -0.2) is 0 Å². The van der Waals surface area contributed by atoms with Gasteiger partial charge in [-0.05, 0) is 81.9 Å². The number of fused-ring (bicyclic) bond motifs is 12. The standard InChI is InChI=1S/C56H38O6/c1-55(47-43(57)27-33-11-3-7-15-39(33)51(47)61-52-40-16-8-4-12-34(40)28-44(58)48(52)55)37-23-19-31(20-24-37)32-21-25-38(26-22-32)56(2)49-45(59)29-35-13-5-9-17-41(35)53(49)62-54-42-18-10-6-14-36(42)30-46(60)50(54)56/h3-30,57-60H,1-2H3. The zero-order chi connectivity index (χ0) is 42.1. The van der Waals surface area contributed by atoms with E-state index in [1.54, 1.807) is 24.3 Å². The lowest BCUT2D eigenvalue weighted by molar-refractivity contribution is 0.389.